The van der Waals surface area contributed by atoms with E-state index in [0.717, 1.165) is 10.9 Å². The van der Waals surface area contributed by atoms with Crippen LogP contribution in [0.1, 0.15) is 37.8 Å². The number of aryl methyl sites for hydroxylation is 2. The van der Waals surface area contributed by atoms with Crippen LogP contribution in [0.25, 0.3) is 11.0 Å². The molecule has 144 valence electrons. The Hall–Kier alpha value is -2.83. The van der Waals surface area contributed by atoms with Gasteiger partial charge in [0.2, 0.25) is 0 Å². The molecule has 1 aromatic carbocycles. The van der Waals surface area contributed by atoms with Gasteiger partial charge in [0, 0.05) is 23.6 Å². The normalized spacial score (nSPS) is 17.9. The second-order valence-electron chi connectivity index (χ2n) is 6.80. The average molecular weight is 373 g/mol. The largest absolute Gasteiger partial charge is 0.480 e. The summed E-state index contributed by atoms with van der Waals surface area (Å²) in [5.74, 6) is -0.919. The molecule has 0 aliphatic carbocycles. The van der Waals surface area contributed by atoms with E-state index in [1.165, 1.54) is 11.0 Å². The predicted octanol–water partition coefficient (Wildman–Crippen LogP) is 2.51. The molecular formula is C20H23NO6. The minimum atomic E-state index is -0.996. The van der Waals surface area contributed by atoms with Crippen LogP contribution in [-0.2, 0) is 16.0 Å². The molecule has 2 heterocycles. The maximum atomic E-state index is 12.7. The lowest BCUT2D eigenvalue weighted by molar-refractivity contribution is -0.150. The van der Waals surface area contributed by atoms with Crippen LogP contribution < -0.4 is 10.4 Å². The molecule has 2 atom stereocenters. The fourth-order valence-corrected chi connectivity index (χ4v) is 3.59. The first-order valence-corrected chi connectivity index (χ1v) is 9.09. The Bertz CT molecular complexity index is 947. The highest BCUT2D eigenvalue weighted by atomic mass is 16.5. The molecule has 1 aliphatic heterocycles. The van der Waals surface area contributed by atoms with Gasteiger partial charge < -0.3 is 19.2 Å². The summed E-state index contributed by atoms with van der Waals surface area (Å²) in [5, 5.41) is 10.1. The molecule has 1 aromatic heterocycles. The molecule has 0 unspecified atom stereocenters. The lowest BCUT2D eigenvalue weighted by atomic mass is 10.0. The van der Waals surface area contributed by atoms with Crippen LogP contribution in [0.4, 0.5) is 0 Å². The van der Waals surface area contributed by atoms with E-state index in [2.05, 4.69) is 0 Å². The predicted molar refractivity (Wildman–Crippen MR) is 99.1 cm³/mol. The Morgan fingerprint density at radius 1 is 1.41 bits per heavy atom. The van der Waals surface area contributed by atoms with Crippen LogP contribution in [0.2, 0.25) is 0 Å². The van der Waals surface area contributed by atoms with Crippen molar-refractivity contribution in [3.05, 3.63) is 39.7 Å². The summed E-state index contributed by atoms with van der Waals surface area (Å²) >= 11 is 0. The molecule has 0 radical (unpaired) electrons. The van der Waals surface area contributed by atoms with Gasteiger partial charge in [-0.05, 0) is 50.8 Å². The fourth-order valence-electron chi connectivity index (χ4n) is 3.59. The zero-order valence-electron chi connectivity index (χ0n) is 15.7. The molecule has 1 fully saturated rings. The molecule has 1 saturated heterocycles. The van der Waals surface area contributed by atoms with Crippen molar-refractivity contribution >= 4 is 22.8 Å². The molecule has 7 heteroatoms. The third kappa shape index (κ3) is 3.54. The third-order valence-corrected chi connectivity index (χ3v) is 5.05. The second-order valence-corrected chi connectivity index (χ2v) is 6.80. The van der Waals surface area contributed by atoms with Crippen molar-refractivity contribution in [1.29, 1.82) is 0 Å². The standard InChI is InChI=1S/C20H23NO6/c1-4-13-10-17(22)27-18-11(2)16(8-7-14(13)18)26-12(3)19(23)21-9-5-6-15(21)20(24)25/h7-8,10,12,15H,4-6,9H2,1-3H3,(H,24,25)/t12-,15-/m1/s1. The van der Waals surface area contributed by atoms with Crippen molar-refractivity contribution in [2.75, 3.05) is 6.54 Å². The number of fused-ring (bicyclic) bond motifs is 1. The minimum absolute atomic E-state index is 0.358. The van der Waals surface area contributed by atoms with Crippen molar-refractivity contribution in [2.24, 2.45) is 0 Å². The zero-order chi connectivity index (χ0) is 19.7. The fraction of sp³-hybridized carbons (Fsp3) is 0.450. The van der Waals surface area contributed by atoms with E-state index in [-0.39, 0.29) is 5.91 Å². The number of aliphatic carboxylic acids is 1. The van der Waals surface area contributed by atoms with Gasteiger partial charge in [0.15, 0.2) is 6.10 Å². The Kier molecular flexibility index (Phi) is 5.21. The molecule has 0 saturated carbocycles. The average Bonchev–Trinajstić information content (AvgIpc) is 3.13. The number of likely N-dealkylation sites (tertiary alicyclic amines) is 1. The van der Waals surface area contributed by atoms with Crippen LogP contribution in [-0.4, -0.2) is 40.6 Å². The van der Waals surface area contributed by atoms with Gasteiger partial charge in [-0.3, -0.25) is 4.79 Å². The summed E-state index contributed by atoms with van der Waals surface area (Å²) in [4.78, 5) is 37.1. The number of carboxylic acids is 1. The van der Waals surface area contributed by atoms with E-state index >= 15 is 0 Å². The van der Waals surface area contributed by atoms with E-state index in [9.17, 15) is 19.5 Å². The van der Waals surface area contributed by atoms with Crippen LogP contribution in [0, 0.1) is 6.92 Å². The molecule has 7 nitrogen and oxygen atoms in total. The minimum Gasteiger partial charge on any atom is -0.480 e. The molecule has 1 amide bonds. The topological polar surface area (TPSA) is 97.0 Å². The van der Waals surface area contributed by atoms with E-state index in [4.69, 9.17) is 9.15 Å². The molecule has 1 N–H and O–H groups in total. The first kappa shape index (κ1) is 18.9. The number of ether oxygens (including phenoxy) is 1. The first-order chi connectivity index (χ1) is 12.8. The first-order valence-electron chi connectivity index (χ1n) is 9.09. The highest BCUT2D eigenvalue weighted by Crippen LogP contribution is 2.30. The molecular weight excluding hydrogens is 350 g/mol. The van der Waals surface area contributed by atoms with Crippen molar-refractivity contribution in [2.45, 2.75) is 52.2 Å². The Labute approximate surface area is 156 Å². The van der Waals surface area contributed by atoms with Crippen molar-refractivity contribution < 1.29 is 23.8 Å². The lowest BCUT2D eigenvalue weighted by Gasteiger charge is -2.25. The Morgan fingerprint density at radius 3 is 2.81 bits per heavy atom. The maximum absolute atomic E-state index is 12.7. The van der Waals surface area contributed by atoms with E-state index < -0.39 is 23.7 Å². The lowest BCUT2D eigenvalue weighted by Crippen LogP contribution is -2.46. The number of hydrogen-bond donors (Lipinski definition) is 1. The number of benzene rings is 1. The highest BCUT2D eigenvalue weighted by molar-refractivity contribution is 5.88. The third-order valence-electron chi connectivity index (χ3n) is 5.05. The molecule has 3 rings (SSSR count). The zero-order valence-corrected chi connectivity index (χ0v) is 15.7. The Balaban J connectivity index is 1.88. The van der Waals surface area contributed by atoms with E-state index in [0.29, 0.717) is 42.7 Å². The Morgan fingerprint density at radius 2 is 2.15 bits per heavy atom. The van der Waals surface area contributed by atoms with E-state index in [1.54, 1.807) is 19.9 Å². The number of carboxylic acid groups (broad SMARTS) is 1. The van der Waals surface area contributed by atoms with Crippen LogP contribution in [0.15, 0.2) is 27.4 Å². The van der Waals surface area contributed by atoms with Gasteiger partial charge in [-0.15, -0.1) is 0 Å². The van der Waals surface area contributed by atoms with Gasteiger partial charge in [0.25, 0.3) is 5.91 Å². The smallest absolute Gasteiger partial charge is 0.336 e. The van der Waals surface area contributed by atoms with Gasteiger partial charge in [0.1, 0.15) is 17.4 Å². The molecule has 2 aromatic rings. The number of amides is 1. The number of rotatable bonds is 5. The maximum Gasteiger partial charge on any atom is 0.336 e. The summed E-state index contributed by atoms with van der Waals surface area (Å²) in [6, 6.07) is 4.24. The quantitative estimate of drug-likeness (QED) is 0.809. The molecule has 0 bridgehead atoms. The number of carbonyl (C=O) groups excluding carboxylic acids is 1. The molecule has 0 spiro atoms. The van der Waals surface area contributed by atoms with Crippen molar-refractivity contribution in [1.82, 2.24) is 4.90 Å². The summed E-state index contributed by atoms with van der Waals surface area (Å²) in [6.07, 6.45) is 0.966. The molecule has 27 heavy (non-hydrogen) atoms. The van der Waals surface area contributed by atoms with Crippen molar-refractivity contribution in [3.8, 4) is 5.75 Å². The number of nitrogens with zero attached hydrogens (tertiary/aromatic N) is 1. The van der Waals surface area contributed by atoms with Crippen molar-refractivity contribution in [3.63, 3.8) is 0 Å². The summed E-state index contributed by atoms with van der Waals surface area (Å²) in [6.45, 7) is 5.74. The monoisotopic (exact) mass is 373 g/mol. The van der Waals surface area contributed by atoms with Crippen LogP contribution in [0.5, 0.6) is 5.75 Å². The van der Waals surface area contributed by atoms with Crippen LogP contribution in [0.3, 0.4) is 0 Å². The summed E-state index contributed by atoms with van der Waals surface area (Å²) in [5.41, 5.74) is 1.54. The molecule has 1 aliphatic rings. The SMILES string of the molecule is CCc1cc(=O)oc2c(C)c(O[C@H](C)C(=O)N3CCC[C@@H]3C(=O)O)ccc12. The van der Waals surface area contributed by atoms with Gasteiger partial charge in [-0.25, -0.2) is 9.59 Å². The van der Waals surface area contributed by atoms with Crippen LogP contribution >= 0.6 is 0 Å². The van der Waals surface area contributed by atoms with Gasteiger partial charge >= 0.3 is 11.6 Å². The van der Waals surface area contributed by atoms with E-state index in [1.807, 2.05) is 13.0 Å². The van der Waals surface area contributed by atoms with Gasteiger partial charge in [-0.1, -0.05) is 6.92 Å². The van der Waals surface area contributed by atoms with Gasteiger partial charge in [-0.2, -0.15) is 0 Å². The second kappa shape index (κ2) is 7.42. The van der Waals surface area contributed by atoms with Gasteiger partial charge in [0.05, 0.1) is 0 Å². The number of hydrogen-bond acceptors (Lipinski definition) is 5. The summed E-state index contributed by atoms with van der Waals surface area (Å²) in [7, 11) is 0. The summed E-state index contributed by atoms with van der Waals surface area (Å²) < 4.78 is 11.2. The number of carbonyl (C=O) groups is 2. The highest BCUT2D eigenvalue weighted by Gasteiger charge is 2.36.